The van der Waals surface area contributed by atoms with Gasteiger partial charge in [-0.05, 0) is 46.2 Å². The number of urea groups is 1. The number of anilines is 1. The summed E-state index contributed by atoms with van der Waals surface area (Å²) in [6, 6.07) is 6.91. The minimum atomic E-state index is -0.556. The first-order valence-electron chi connectivity index (χ1n) is 8.47. The van der Waals surface area contributed by atoms with Gasteiger partial charge >= 0.3 is 12.1 Å². The number of carbonyl (C=O) groups excluding carboxylic acids is 2. The number of nitrogens with one attached hydrogen (secondary N) is 3. The summed E-state index contributed by atoms with van der Waals surface area (Å²) in [7, 11) is 0. The molecule has 7 nitrogen and oxygen atoms in total. The van der Waals surface area contributed by atoms with Crippen molar-refractivity contribution in [1.82, 2.24) is 10.6 Å². The lowest BCUT2D eigenvalue weighted by atomic mass is 10.2. The molecule has 0 saturated carbocycles. The molecule has 0 aliphatic heterocycles. The topological polar surface area (TPSA) is 88.7 Å². The van der Waals surface area contributed by atoms with Crippen molar-refractivity contribution >= 4 is 17.8 Å². The summed E-state index contributed by atoms with van der Waals surface area (Å²) >= 11 is 0. The largest absolute Gasteiger partial charge is 0.492 e. The Labute approximate surface area is 149 Å². The Morgan fingerprint density at radius 1 is 1.24 bits per heavy atom. The van der Waals surface area contributed by atoms with Crippen LogP contribution in [0.4, 0.5) is 15.3 Å². The van der Waals surface area contributed by atoms with Crippen LogP contribution in [0.3, 0.4) is 0 Å². The molecule has 0 heterocycles. The lowest BCUT2D eigenvalue weighted by Gasteiger charge is -2.19. The van der Waals surface area contributed by atoms with Gasteiger partial charge in [0.25, 0.3) is 0 Å². The van der Waals surface area contributed by atoms with Gasteiger partial charge in [-0.25, -0.2) is 9.59 Å². The Kier molecular flexibility index (Phi) is 8.04. The Hall–Kier alpha value is -2.44. The van der Waals surface area contributed by atoms with E-state index in [2.05, 4.69) is 16.0 Å². The molecule has 140 valence electrons. The number of amides is 3. The van der Waals surface area contributed by atoms with Gasteiger partial charge in [-0.1, -0.05) is 13.0 Å². The fourth-order valence-corrected chi connectivity index (χ4v) is 1.80. The van der Waals surface area contributed by atoms with Crippen LogP contribution in [0.1, 0.15) is 41.0 Å². The maximum atomic E-state index is 11.8. The second-order valence-electron chi connectivity index (χ2n) is 6.71. The number of benzene rings is 1. The molecule has 1 unspecified atom stereocenters. The van der Waals surface area contributed by atoms with Crippen LogP contribution in [0.2, 0.25) is 0 Å². The molecule has 1 aromatic carbocycles. The van der Waals surface area contributed by atoms with Crippen molar-refractivity contribution in [3.63, 3.8) is 0 Å². The maximum absolute atomic E-state index is 11.8. The molecule has 0 fully saturated rings. The molecule has 1 rings (SSSR count). The molecule has 7 heteroatoms. The number of ether oxygens (including phenoxy) is 2. The number of carbonyl (C=O) groups is 2. The standard InChI is InChI=1S/C18H29N3O4/c1-6-13(2)20-16(22)19-10-11-24-15-9-7-8-14(12-15)21-17(23)25-18(3,4)5/h7-9,12-13H,6,10-11H2,1-5H3,(H,21,23)(H2,19,20,22). The number of rotatable bonds is 7. The third-order valence-corrected chi connectivity index (χ3v) is 3.13. The molecule has 3 amide bonds. The van der Waals surface area contributed by atoms with E-state index in [1.807, 2.05) is 13.8 Å². The molecule has 0 radical (unpaired) electrons. The van der Waals surface area contributed by atoms with Gasteiger partial charge in [0, 0.05) is 17.8 Å². The monoisotopic (exact) mass is 351 g/mol. The van der Waals surface area contributed by atoms with Gasteiger partial charge in [-0.3, -0.25) is 5.32 Å². The van der Waals surface area contributed by atoms with Crippen LogP contribution in [0, 0.1) is 0 Å². The summed E-state index contributed by atoms with van der Waals surface area (Å²) in [5.74, 6) is 0.595. The maximum Gasteiger partial charge on any atom is 0.412 e. The predicted molar refractivity (Wildman–Crippen MR) is 98.1 cm³/mol. The first kappa shape index (κ1) is 20.6. The molecule has 0 aromatic heterocycles. The molecule has 0 saturated heterocycles. The first-order chi connectivity index (χ1) is 11.7. The second-order valence-corrected chi connectivity index (χ2v) is 6.71. The third-order valence-electron chi connectivity index (χ3n) is 3.13. The summed E-state index contributed by atoms with van der Waals surface area (Å²) < 4.78 is 10.8. The Morgan fingerprint density at radius 2 is 1.96 bits per heavy atom. The minimum absolute atomic E-state index is 0.136. The van der Waals surface area contributed by atoms with Crippen LogP contribution in [0.5, 0.6) is 5.75 Å². The lowest BCUT2D eigenvalue weighted by Crippen LogP contribution is -2.41. The lowest BCUT2D eigenvalue weighted by molar-refractivity contribution is 0.0636. The van der Waals surface area contributed by atoms with E-state index in [1.165, 1.54) is 0 Å². The molecule has 0 spiro atoms. The fraction of sp³-hybridized carbons (Fsp3) is 0.556. The van der Waals surface area contributed by atoms with Gasteiger partial charge in [0.1, 0.15) is 18.0 Å². The van der Waals surface area contributed by atoms with Crippen LogP contribution in [-0.2, 0) is 4.74 Å². The van der Waals surface area contributed by atoms with Crippen molar-refractivity contribution in [3.05, 3.63) is 24.3 Å². The highest BCUT2D eigenvalue weighted by Crippen LogP contribution is 2.18. The Bertz CT molecular complexity index is 570. The third kappa shape index (κ3) is 9.44. The molecular weight excluding hydrogens is 322 g/mol. The normalized spacial score (nSPS) is 12.0. The van der Waals surface area contributed by atoms with Gasteiger partial charge in [-0.15, -0.1) is 0 Å². The highest BCUT2D eigenvalue weighted by atomic mass is 16.6. The van der Waals surface area contributed by atoms with Crippen LogP contribution in [0.15, 0.2) is 24.3 Å². The van der Waals surface area contributed by atoms with Gasteiger partial charge < -0.3 is 20.1 Å². The van der Waals surface area contributed by atoms with Gasteiger partial charge in [0.15, 0.2) is 0 Å². The van der Waals surface area contributed by atoms with Crippen molar-refractivity contribution in [1.29, 1.82) is 0 Å². The smallest absolute Gasteiger partial charge is 0.412 e. The van der Waals surface area contributed by atoms with E-state index < -0.39 is 11.7 Å². The fourth-order valence-electron chi connectivity index (χ4n) is 1.80. The molecule has 1 atom stereocenters. The zero-order valence-corrected chi connectivity index (χ0v) is 15.6. The summed E-state index contributed by atoms with van der Waals surface area (Å²) in [6.07, 6.45) is 0.356. The zero-order valence-electron chi connectivity index (χ0n) is 15.6. The van der Waals surface area contributed by atoms with Crippen LogP contribution in [-0.4, -0.2) is 36.9 Å². The second kappa shape index (κ2) is 9.76. The zero-order chi connectivity index (χ0) is 18.9. The summed E-state index contributed by atoms with van der Waals surface area (Å²) in [4.78, 5) is 23.3. The summed E-state index contributed by atoms with van der Waals surface area (Å²) in [5, 5.41) is 8.19. The van der Waals surface area contributed by atoms with E-state index in [1.54, 1.807) is 45.0 Å². The van der Waals surface area contributed by atoms with E-state index in [9.17, 15) is 9.59 Å². The van der Waals surface area contributed by atoms with Crippen LogP contribution >= 0.6 is 0 Å². The van der Waals surface area contributed by atoms with E-state index in [4.69, 9.17) is 9.47 Å². The highest BCUT2D eigenvalue weighted by Gasteiger charge is 2.16. The molecular formula is C18H29N3O4. The van der Waals surface area contributed by atoms with Crippen molar-refractivity contribution in [2.24, 2.45) is 0 Å². The van der Waals surface area contributed by atoms with E-state index in [0.29, 0.717) is 24.6 Å². The predicted octanol–water partition coefficient (Wildman–Crippen LogP) is 3.51. The molecule has 1 aromatic rings. The van der Waals surface area contributed by atoms with Gasteiger partial charge in [0.05, 0.1) is 6.54 Å². The van der Waals surface area contributed by atoms with Crippen molar-refractivity contribution in [3.8, 4) is 5.75 Å². The minimum Gasteiger partial charge on any atom is -0.492 e. The molecule has 3 N–H and O–H groups in total. The van der Waals surface area contributed by atoms with Crippen molar-refractivity contribution in [2.45, 2.75) is 52.7 Å². The molecule has 0 aliphatic carbocycles. The average Bonchev–Trinajstić information content (AvgIpc) is 2.50. The van der Waals surface area contributed by atoms with E-state index in [-0.39, 0.29) is 12.1 Å². The van der Waals surface area contributed by atoms with E-state index in [0.717, 1.165) is 6.42 Å². The molecule has 0 aliphatic rings. The van der Waals surface area contributed by atoms with Crippen LogP contribution < -0.4 is 20.7 Å². The highest BCUT2D eigenvalue weighted by molar-refractivity contribution is 5.85. The number of hydrogen-bond donors (Lipinski definition) is 3. The number of hydrogen-bond acceptors (Lipinski definition) is 4. The van der Waals surface area contributed by atoms with Crippen molar-refractivity contribution in [2.75, 3.05) is 18.5 Å². The summed E-state index contributed by atoms with van der Waals surface area (Å²) in [5.41, 5.74) is 0.0221. The molecule has 0 bridgehead atoms. The van der Waals surface area contributed by atoms with Crippen LogP contribution in [0.25, 0.3) is 0 Å². The first-order valence-corrected chi connectivity index (χ1v) is 8.47. The van der Waals surface area contributed by atoms with Gasteiger partial charge in [-0.2, -0.15) is 0 Å². The Morgan fingerprint density at radius 3 is 2.60 bits per heavy atom. The van der Waals surface area contributed by atoms with E-state index >= 15 is 0 Å². The van der Waals surface area contributed by atoms with Crippen molar-refractivity contribution < 1.29 is 19.1 Å². The van der Waals surface area contributed by atoms with Gasteiger partial charge in [0.2, 0.25) is 0 Å². The quantitative estimate of drug-likeness (QED) is 0.656. The summed E-state index contributed by atoms with van der Waals surface area (Å²) in [6.45, 7) is 10.1. The SMILES string of the molecule is CCC(C)NC(=O)NCCOc1cccc(NC(=O)OC(C)(C)C)c1. The molecule has 25 heavy (non-hydrogen) atoms. The average molecular weight is 351 g/mol. The Balaban J connectivity index is 2.38.